The monoisotopic (exact) mass is 272 g/mol. The van der Waals surface area contributed by atoms with Crippen LogP contribution in [0.1, 0.15) is 72.6 Å². The largest absolute Gasteiger partial charge is 0.299 e. The van der Waals surface area contributed by atoms with E-state index in [9.17, 15) is 4.79 Å². The van der Waals surface area contributed by atoms with E-state index < -0.39 is 0 Å². The Balaban J connectivity index is 2.80. The summed E-state index contributed by atoms with van der Waals surface area (Å²) >= 11 is 0. The zero-order valence-electron chi connectivity index (χ0n) is 13.6. The van der Waals surface area contributed by atoms with Crippen molar-refractivity contribution in [3.63, 3.8) is 0 Å². The molecule has 1 fully saturated rings. The average molecular weight is 272 g/mol. The Morgan fingerprint density at radius 2 is 1.90 bits per heavy atom. The summed E-state index contributed by atoms with van der Waals surface area (Å²) in [4.78, 5) is 14.1. The molecule has 0 aromatic rings. The first-order valence-corrected chi connectivity index (χ1v) is 7.94. The van der Waals surface area contributed by atoms with Gasteiger partial charge in [0.05, 0.1) is 7.85 Å². The predicted octanol–water partition coefficient (Wildman–Crippen LogP) is 4.48. The number of hydrogen-bond donors (Lipinski definition) is 0. The van der Waals surface area contributed by atoms with E-state index in [1.54, 1.807) is 13.5 Å². The topological polar surface area (TPSA) is 29.4 Å². The molecule has 0 bridgehead atoms. The van der Waals surface area contributed by atoms with Gasteiger partial charge in [-0.25, -0.2) is 4.79 Å². The molecule has 1 saturated carbocycles. The number of carbonyl (C=O) groups excluding carboxylic acids is 1. The van der Waals surface area contributed by atoms with E-state index in [0.717, 1.165) is 25.2 Å². The second kappa shape index (κ2) is 7.50. The zero-order chi connectivity index (χ0) is 15.2. The highest BCUT2D eigenvalue weighted by atomic mass is 16.1. The SMILES string of the molecule is [B]C1CCCCC(C(C)(C)C)CCC(C)([B]N=C=O)C1. The Hall–Kier alpha value is -0.490. The molecule has 3 unspecified atom stereocenters. The van der Waals surface area contributed by atoms with E-state index >= 15 is 0 Å². The normalized spacial score (nSPS) is 33.0. The maximum atomic E-state index is 10.4. The molecule has 2 nitrogen and oxygen atoms in total. The van der Waals surface area contributed by atoms with Crippen LogP contribution in [-0.4, -0.2) is 21.3 Å². The third-order valence-corrected chi connectivity index (χ3v) is 4.82. The van der Waals surface area contributed by atoms with Gasteiger partial charge in [0, 0.05) is 0 Å². The van der Waals surface area contributed by atoms with Crippen molar-refractivity contribution in [1.29, 1.82) is 0 Å². The number of hydrogen-bond acceptors (Lipinski definition) is 2. The molecule has 0 saturated heterocycles. The fourth-order valence-corrected chi connectivity index (χ4v) is 3.41. The molecule has 0 heterocycles. The lowest BCUT2D eigenvalue weighted by atomic mass is 9.52. The minimum atomic E-state index is -0.0718. The van der Waals surface area contributed by atoms with Crippen molar-refractivity contribution < 1.29 is 4.79 Å². The Bertz CT molecular complexity index is 347. The van der Waals surface area contributed by atoms with Crippen LogP contribution in [0.15, 0.2) is 4.90 Å². The standard InChI is InChI=1S/C16H28B2NO/c1-15(2,3)13-7-5-6-8-14(17)11-16(4,10-9-13)18-19-12-20/h13-14H,5-11H2,1-4H3. The van der Waals surface area contributed by atoms with E-state index in [-0.39, 0.29) is 11.1 Å². The van der Waals surface area contributed by atoms with Crippen molar-refractivity contribution in [2.45, 2.75) is 83.8 Å². The summed E-state index contributed by atoms with van der Waals surface area (Å²) in [5.74, 6) is 0.939. The lowest BCUT2D eigenvalue weighted by Crippen LogP contribution is -2.25. The summed E-state index contributed by atoms with van der Waals surface area (Å²) in [5.41, 5.74) is 0.343. The molecule has 0 aliphatic heterocycles. The lowest BCUT2D eigenvalue weighted by Gasteiger charge is -2.37. The van der Waals surface area contributed by atoms with Gasteiger partial charge >= 0.3 is 0 Å². The summed E-state index contributed by atoms with van der Waals surface area (Å²) in [5, 5.41) is -0.0718. The summed E-state index contributed by atoms with van der Waals surface area (Å²) in [6, 6.07) is 0. The van der Waals surface area contributed by atoms with E-state index in [2.05, 4.69) is 32.6 Å². The minimum Gasteiger partial charge on any atom is -0.274 e. The van der Waals surface area contributed by atoms with Crippen molar-refractivity contribution in [2.75, 3.05) is 0 Å². The van der Waals surface area contributed by atoms with Crippen molar-refractivity contribution in [2.24, 2.45) is 16.2 Å². The number of rotatable bonds is 2. The molecular formula is C16H28B2NO. The Kier molecular flexibility index (Phi) is 6.58. The highest BCUT2D eigenvalue weighted by molar-refractivity contribution is 6.39. The van der Waals surface area contributed by atoms with Crippen LogP contribution in [0.25, 0.3) is 0 Å². The molecule has 3 radical (unpaired) electrons. The second-order valence-corrected chi connectivity index (χ2v) is 7.85. The van der Waals surface area contributed by atoms with Crippen LogP contribution in [0.3, 0.4) is 0 Å². The van der Waals surface area contributed by atoms with Crippen molar-refractivity contribution >= 4 is 21.3 Å². The summed E-state index contributed by atoms with van der Waals surface area (Å²) in [6.07, 6.45) is 9.62. The van der Waals surface area contributed by atoms with Gasteiger partial charge in [-0.15, -0.1) is 0 Å². The van der Waals surface area contributed by atoms with Gasteiger partial charge in [0.25, 0.3) is 7.41 Å². The van der Waals surface area contributed by atoms with Crippen LogP contribution in [0.2, 0.25) is 11.1 Å². The molecule has 1 aliphatic carbocycles. The van der Waals surface area contributed by atoms with Gasteiger partial charge in [-0.05, 0) is 23.1 Å². The maximum absolute atomic E-state index is 10.4. The van der Waals surface area contributed by atoms with E-state index in [4.69, 9.17) is 7.85 Å². The first-order chi connectivity index (χ1) is 9.27. The van der Waals surface area contributed by atoms with Crippen LogP contribution in [0.5, 0.6) is 0 Å². The van der Waals surface area contributed by atoms with Gasteiger partial charge in [-0.1, -0.05) is 72.0 Å². The smallest absolute Gasteiger partial charge is 0.274 e. The molecule has 109 valence electrons. The van der Waals surface area contributed by atoms with Gasteiger partial charge in [0.15, 0.2) is 0 Å². The molecule has 0 aromatic heterocycles. The van der Waals surface area contributed by atoms with Crippen LogP contribution >= 0.6 is 0 Å². The maximum Gasteiger partial charge on any atom is 0.299 e. The third kappa shape index (κ3) is 5.87. The summed E-state index contributed by atoms with van der Waals surface area (Å²) in [7, 11) is 8.01. The van der Waals surface area contributed by atoms with Gasteiger partial charge in [-0.2, -0.15) is 0 Å². The highest BCUT2D eigenvalue weighted by Crippen LogP contribution is 2.45. The fourth-order valence-electron chi connectivity index (χ4n) is 3.41. The van der Waals surface area contributed by atoms with Gasteiger partial charge in [-0.3, -0.25) is 4.90 Å². The Morgan fingerprint density at radius 3 is 2.50 bits per heavy atom. The number of nitrogens with zero attached hydrogens (tertiary/aromatic N) is 1. The third-order valence-electron chi connectivity index (χ3n) is 4.82. The van der Waals surface area contributed by atoms with E-state index in [0.29, 0.717) is 5.41 Å². The molecule has 20 heavy (non-hydrogen) atoms. The highest BCUT2D eigenvalue weighted by Gasteiger charge is 2.32. The van der Waals surface area contributed by atoms with E-state index in [1.807, 2.05) is 0 Å². The lowest BCUT2D eigenvalue weighted by molar-refractivity contribution is 0.190. The van der Waals surface area contributed by atoms with Crippen LogP contribution in [-0.2, 0) is 4.79 Å². The van der Waals surface area contributed by atoms with Crippen molar-refractivity contribution in [3.8, 4) is 0 Å². The quantitative estimate of drug-likeness (QED) is 0.414. The molecule has 0 spiro atoms. The van der Waals surface area contributed by atoms with Crippen LogP contribution in [0, 0.1) is 11.3 Å². The second-order valence-electron chi connectivity index (χ2n) is 7.85. The molecular weight excluding hydrogens is 244 g/mol. The molecule has 0 aromatic carbocycles. The molecule has 1 aliphatic rings. The first kappa shape index (κ1) is 17.6. The molecule has 0 amide bonds. The minimum absolute atomic E-state index is 0.0718. The molecule has 4 heteroatoms. The fraction of sp³-hybridized carbons (Fsp3) is 0.938. The Labute approximate surface area is 126 Å². The van der Waals surface area contributed by atoms with Crippen molar-refractivity contribution in [3.05, 3.63) is 0 Å². The molecule has 3 atom stereocenters. The first-order valence-electron chi connectivity index (χ1n) is 7.94. The zero-order valence-corrected chi connectivity index (χ0v) is 13.6. The summed E-state index contributed by atoms with van der Waals surface area (Å²) in [6.45, 7) is 9.18. The average Bonchev–Trinajstić information content (AvgIpc) is 2.33. The molecule has 1 rings (SSSR count). The van der Waals surface area contributed by atoms with Crippen molar-refractivity contribution in [1.82, 2.24) is 0 Å². The van der Waals surface area contributed by atoms with E-state index in [1.165, 1.54) is 25.7 Å². The van der Waals surface area contributed by atoms with Gasteiger partial charge < -0.3 is 0 Å². The van der Waals surface area contributed by atoms with Gasteiger partial charge in [0.1, 0.15) is 0 Å². The van der Waals surface area contributed by atoms with Crippen LogP contribution < -0.4 is 0 Å². The van der Waals surface area contributed by atoms with Gasteiger partial charge in [0.2, 0.25) is 6.08 Å². The summed E-state index contributed by atoms with van der Waals surface area (Å²) < 4.78 is 0. The number of isocyanates is 1. The Morgan fingerprint density at radius 1 is 1.25 bits per heavy atom. The molecule has 0 N–H and O–H groups in total. The predicted molar refractivity (Wildman–Crippen MR) is 87.0 cm³/mol. The van der Waals surface area contributed by atoms with Crippen LogP contribution in [0.4, 0.5) is 0 Å².